The fourth-order valence-corrected chi connectivity index (χ4v) is 2.96. The number of thioether (sulfide) groups is 1. The number of aromatic amines is 1. The summed E-state index contributed by atoms with van der Waals surface area (Å²) in [6.45, 7) is 2.02. The Balaban J connectivity index is 1.88. The van der Waals surface area contributed by atoms with Crippen molar-refractivity contribution >= 4 is 35.3 Å². The summed E-state index contributed by atoms with van der Waals surface area (Å²) in [7, 11) is 1.62. The summed E-state index contributed by atoms with van der Waals surface area (Å²) in [6.07, 6.45) is 1.84. The Morgan fingerprint density at radius 1 is 1.19 bits per heavy atom. The summed E-state index contributed by atoms with van der Waals surface area (Å²) in [5.41, 5.74) is 2.24. The van der Waals surface area contributed by atoms with E-state index in [1.165, 1.54) is 11.8 Å². The maximum Gasteiger partial charge on any atom is 0.258 e. The minimum absolute atomic E-state index is 0.263. The third-order valence-corrected chi connectivity index (χ3v) is 4.46. The lowest BCUT2D eigenvalue weighted by Gasteiger charge is -2.08. The maximum atomic E-state index is 12.9. The van der Waals surface area contributed by atoms with Crippen molar-refractivity contribution in [3.05, 3.63) is 65.7 Å². The fourth-order valence-electron chi connectivity index (χ4n) is 2.44. The van der Waals surface area contributed by atoms with Crippen LogP contribution in [0.2, 0.25) is 0 Å². The highest BCUT2D eigenvalue weighted by atomic mass is 32.2. The molecule has 0 aliphatic rings. The second-order valence-electron chi connectivity index (χ2n) is 5.55. The summed E-state index contributed by atoms with van der Waals surface area (Å²) in [6, 6.07) is 17.0. The van der Waals surface area contributed by atoms with Gasteiger partial charge < -0.3 is 4.74 Å². The first kappa shape index (κ1) is 18.7. The van der Waals surface area contributed by atoms with Crippen LogP contribution in [-0.2, 0) is 4.79 Å². The molecule has 0 atom stereocenters. The molecule has 2 aromatic carbocycles. The Hall–Kier alpha value is -3.06. The largest absolute Gasteiger partial charge is 0.497 e. The van der Waals surface area contributed by atoms with Gasteiger partial charge >= 0.3 is 0 Å². The number of carbonyl (C=O) groups is 1. The van der Waals surface area contributed by atoms with Crippen molar-refractivity contribution in [2.24, 2.45) is 0 Å². The number of amides is 1. The van der Waals surface area contributed by atoms with Crippen LogP contribution >= 0.6 is 11.8 Å². The lowest BCUT2D eigenvalue weighted by atomic mass is 10.0. The van der Waals surface area contributed by atoms with Crippen LogP contribution < -0.4 is 10.1 Å². The molecular weight excluding hydrogens is 360 g/mol. The average molecular weight is 380 g/mol. The number of carbonyl (C=O) groups excluding carboxylic acids is 1. The van der Waals surface area contributed by atoms with Gasteiger partial charge in [0.25, 0.3) is 5.91 Å². The van der Waals surface area contributed by atoms with Crippen LogP contribution in [0, 0.1) is 0 Å². The number of anilines is 1. The Morgan fingerprint density at radius 3 is 2.59 bits per heavy atom. The predicted molar refractivity (Wildman–Crippen MR) is 109 cm³/mol. The van der Waals surface area contributed by atoms with Gasteiger partial charge in [-0.2, -0.15) is 4.98 Å². The molecule has 2 N–H and O–H groups in total. The quantitative estimate of drug-likeness (QED) is 0.366. The lowest BCUT2D eigenvalue weighted by molar-refractivity contribution is -0.111. The lowest BCUT2D eigenvalue weighted by Crippen LogP contribution is -2.14. The van der Waals surface area contributed by atoms with Crippen molar-refractivity contribution < 1.29 is 9.53 Å². The van der Waals surface area contributed by atoms with Crippen LogP contribution in [0.4, 0.5) is 5.95 Å². The molecule has 0 spiro atoms. The van der Waals surface area contributed by atoms with E-state index in [4.69, 9.17) is 4.74 Å². The van der Waals surface area contributed by atoms with Crippen LogP contribution in [0.3, 0.4) is 0 Å². The van der Waals surface area contributed by atoms with Crippen LogP contribution in [0.5, 0.6) is 5.75 Å². The molecule has 6 nitrogen and oxygen atoms in total. The minimum Gasteiger partial charge on any atom is -0.497 e. The number of aromatic nitrogens is 3. The number of ether oxygens (including phenoxy) is 1. The van der Waals surface area contributed by atoms with Gasteiger partial charge in [-0.05, 0) is 35.1 Å². The van der Waals surface area contributed by atoms with Crippen molar-refractivity contribution in [2.45, 2.75) is 12.1 Å². The van der Waals surface area contributed by atoms with E-state index in [2.05, 4.69) is 20.5 Å². The van der Waals surface area contributed by atoms with Gasteiger partial charge in [-0.3, -0.25) is 10.1 Å². The van der Waals surface area contributed by atoms with E-state index in [0.29, 0.717) is 16.7 Å². The highest BCUT2D eigenvalue weighted by molar-refractivity contribution is 7.99. The van der Waals surface area contributed by atoms with Gasteiger partial charge in [0.15, 0.2) is 0 Å². The molecule has 0 unspecified atom stereocenters. The summed E-state index contributed by atoms with van der Waals surface area (Å²) in [5, 5.41) is 10.2. The number of methoxy groups -OCH3 is 1. The zero-order valence-electron chi connectivity index (χ0n) is 15.1. The molecule has 0 fully saturated rings. The van der Waals surface area contributed by atoms with Gasteiger partial charge in [0.2, 0.25) is 11.1 Å². The Labute approximate surface area is 162 Å². The molecule has 1 heterocycles. The number of nitrogens with zero attached hydrogens (tertiary/aromatic N) is 2. The number of nitrogens with one attached hydrogen (secondary N) is 2. The minimum atomic E-state index is -0.263. The molecule has 0 saturated heterocycles. The molecule has 3 aromatic rings. The molecule has 0 bridgehead atoms. The summed E-state index contributed by atoms with van der Waals surface area (Å²) in [5.74, 6) is 1.69. The van der Waals surface area contributed by atoms with Crippen LogP contribution in [0.1, 0.15) is 18.1 Å². The molecule has 0 saturated carbocycles. The first-order valence-electron chi connectivity index (χ1n) is 8.47. The molecule has 7 heteroatoms. The standard InChI is InChI=1S/C20H20N4O2S/c1-3-27-20-22-19(23-24-20)21-18(25)17(15-7-5-4-6-8-15)13-14-9-11-16(26-2)12-10-14/h4-13H,3H2,1-2H3,(H2,21,22,23,24,25)/b17-13+. The summed E-state index contributed by atoms with van der Waals surface area (Å²) >= 11 is 1.50. The number of rotatable bonds is 7. The SMILES string of the molecule is CCSc1n[nH]c(NC(=O)/C(=C/c2ccc(OC)cc2)c2ccccc2)n1. The predicted octanol–water partition coefficient (Wildman–Crippen LogP) is 4.10. The molecular formula is C20H20N4O2S. The molecule has 138 valence electrons. The fraction of sp³-hybridized carbons (Fsp3) is 0.150. The van der Waals surface area contributed by atoms with Gasteiger partial charge in [0, 0.05) is 5.57 Å². The van der Waals surface area contributed by atoms with Crippen molar-refractivity contribution in [2.75, 3.05) is 18.2 Å². The Morgan fingerprint density at radius 2 is 1.93 bits per heavy atom. The first-order valence-corrected chi connectivity index (χ1v) is 9.46. The van der Waals surface area contributed by atoms with E-state index in [1.54, 1.807) is 7.11 Å². The van der Waals surface area contributed by atoms with Gasteiger partial charge in [-0.15, -0.1) is 5.10 Å². The average Bonchev–Trinajstić information content (AvgIpc) is 3.14. The van der Waals surface area contributed by atoms with E-state index in [1.807, 2.05) is 67.6 Å². The van der Waals surface area contributed by atoms with Crippen molar-refractivity contribution in [1.82, 2.24) is 15.2 Å². The highest BCUT2D eigenvalue weighted by Gasteiger charge is 2.14. The second-order valence-corrected chi connectivity index (χ2v) is 6.78. The highest BCUT2D eigenvalue weighted by Crippen LogP contribution is 2.22. The molecule has 0 aliphatic heterocycles. The molecule has 0 radical (unpaired) electrons. The molecule has 3 rings (SSSR count). The van der Waals surface area contributed by atoms with Crippen molar-refractivity contribution in [3.63, 3.8) is 0 Å². The summed E-state index contributed by atoms with van der Waals surface area (Å²) in [4.78, 5) is 17.2. The number of hydrogen-bond acceptors (Lipinski definition) is 5. The third kappa shape index (κ3) is 4.98. The van der Waals surface area contributed by atoms with E-state index in [0.717, 1.165) is 22.6 Å². The van der Waals surface area contributed by atoms with Gasteiger partial charge in [0.05, 0.1) is 7.11 Å². The molecule has 0 aliphatic carbocycles. The van der Waals surface area contributed by atoms with Gasteiger partial charge in [0.1, 0.15) is 5.75 Å². The number of benzene rings is 2. The number of H-pyrrole nitrogens is 1. The van der Waals surface area contributed by atoms with Crippen molar-refractivity contribution in [3.8, 4) is 5.75 Å². The molecule has 1 aromatic heterocycles. The van der Waals surface area contributed by atoms with E-state index >= 15 is 0 Å². The van der Waals surface area contributed by atoms with Crippen LogP contribution in [-0.4, -0.2) is 34.0 Å². The first-order chi connectivity index (χ1) is 13.2. The molecule has 27 heavy (non-hydrogen) atoms. The third-order valence-electron chi connectivity index (χ3n) is 3.73. The summed E-state index contributed by atoms with van der Waals surface area (Å²) < 4.78 is 5.19. The van der Waals surface area contributed by atoms with E-state index in [-0.39, 0.29) is 5.91 Å². The molecule has 1 amide bonds. The zero-order valence-corrected chi connectivity index (χ0v) is 15.9. The second kappa shape index (κ2) is 9.05. The monoisotopic (exact) mass is 380 g/mol. The Bertz CT molecular complexity index is 921. The normalized spacial score (nSPS) is 11.3. The van der Waals surface area contributed by atoms with E-state index in [9.17, 15) is 4.79 Å². The van der Waals surface area contributed by atoms with Gasteiger partial charge in [-0.25, -0.2) is 5.10 Å². The van der Waals surface area contributed by atoms with Crippen LogP contribution in [0.15, 0.2) is 59.8 Å². The smallest absolute Gasteiger partial charge is 0.258 e. The maximum absolute atomic E-state index is 12.9. The Kier molecular flexibility index (Phi) is 6.27. The number of hydrogen-bond donors (Lipinski definition) is 2. The van der Waals surface area contributed by atoms with Crippen molar-refractivity contribution in [1.29, 1.82) is 0 Å². The van der Waals surface area contributed by atoms with Gasteiger partial charge in [-0.1, -0.05) is 61.2 Å². The van der Waals surface area contributed by atoms with Crippen LogP contribution in [0.25, 0.3) is 11.6 Å². The zero-order chi connectivity index (χ0) is 19.1. The van der Waals surface area contributed by atoms with E-state index < -0.39 is 0 Å². The topological polar surface area (TPSA) is 79.9 Å².